The maximum atomic E-state index is 12.7. The van der Waals surface area contributed by atoms with E-state index in [0.29, 0.717) is 24.8 Å². The third-order valence-corrected chi connectivity index (χ3v) is 5.66. The highest BCUT2D eigenvalue weighted by atomic mass is 32.1. The molecule has 2 heterocycles. The number of aromatic nitrogens is 1. The summed E-state index contributed by atoms with van der Waals surface area (Å²) in [5, 5.41) is 0.648. The van der Waals surface area contributed by atoms with E-state index in [4.69, 9.17) is 4.74 Å². The van der Waals surface area contributed by atoms with E-state index >= 15 is 0 Å². The molecule has 0 N–H and O–H groups in total. The maximum absolute atomic E-state index is 12.7. The van der Waals surface area contributed by atoms with E-state index < -0.39 is 0 Å². The van der Waals surface area contributed by atoms with E-state index in [-0.39, 0.29) is 24.2 Å². The molecule has 7 nitrogen and oxygen atoms in total. The van der Waals surface area contributed by atoms with E-state index in [1.807, 2.05) is 44.1 Å². The van der Waals surface area contributed by atoms with Gasteiger partial charge in [0.25, 0.3) is 0 Å². The number of carbonyl (C=O) groups is 2. The molecule has 1 aromatic carbocycles. The van der Waals surface area contributed by atoms with Crippen LogP contribution < -0.4 is 9.64 Å². The van der Waals surface area contributed by atoms with Gasteiger partial charge in [-0.2, -0.15) is 0 Å². The molecule has 0 saturated carbocycles. The minimum absolute atomic E-state index is 0.0208. The monoisotopic (exact) mass is 390 g/mol. The molecule has 1 fully saturated rings. The van der Waals surface area contributed by atoms with Gasteiger partial charge in [0.2, 0.25) is 11.8 Å². The Balaban J connectivity index is 1.71. The highest BCUT2D eigenvalue weighted by Gasteiger charge is 2.37. The average Bonchev–Trinajstić information content (AvgIpc) is 3.22. The van der Waals surface area contributed by atoms with Crippen molar-refractivity contribution in [3.05, 3.63) is 18.2 Å². The second-order valence-corrected chi connectivity index (χ2v) is 8.04. The molecule has 1 aromatic heterocycles. The number of likely N-dealkylation sites (N-methyl/N-ethyl adjacent to an activating group) is 2. The van der Waals surface area contributed by atoms with E-state index in [1.54, 1.807) is 16.8 Å². The van der Waals surface area contributed by atoms with Crippen molar-refractivity contribution in [1.82, 2.24) is 14.8 Å². The van der Waals surface area contributed by atoms with E-state index in [1.165, 1.54) is 11.3 Å². The zero-order chi connectivity index (χ0) is 19.6. The number of hydrogen-bond donors (Lipinski definition) is 0. The lowest BCUT2D eigenvalue weighted by molar-refractivity contribution is -0.134. The van der Waals surface area contributed by atoms with Gasteiger partial charge in [0, 0.05) is 33.1 Å². The SMILES string of the molecule is CCOc1ccc2nc(N3CC(C(=O)N(C)CCN(C)C)CC3=O)sc2c1. The van der Waals surface area contributed by atoms with Crippen LogP contribution in [0.5, 0.6) is 5.75 Å². The maximum Gasteiger partial charge on any atom is 0.229 e. The summed E-state index contributed by atoms with van der Waals surface area (Å²) in [5.74, 6) is 0.463. The second kappa shape index (κ2) is 8.22. The molecule has 1 saturated heterocycles. The first-order chi connectivity index (χ1) is 12.9. The molecule has 3 rings (SSSR count). The highest BCUT2D eigenvalue weighted by molar-refractivity contribution is 7.22. The van der Waals surface area contributed by atoms with Gasteiger partial charge in [-0.15, -0.1) is 0 Å². The van der Waals surface area contributed by atoms with Crippen molar-refractivity contribution in [1.29, 1.82) is 0 Å². The number of rotatable bonds is 7. The Morgan fingerprint density at radius 2 is 2.11 bits per heavy atom. The zero-order valence-electron chi connectivity index (χ0n) is 16.3. The molecule has 0 spiro atoms. The predicted molar refractivity (Wildman–Crippen MR) is 107 cm³/mol. The van der Waals surface area contributed by atoms with Crippen molar-refractivity contribution in [3.8, 4) is 5.75 Å². The van der Waals surface area contributed by atoms with Crippen LogP contribution in [0.15, 0.2) is 18.2 Å². The number of ether oxygens (including phenoxy) is 1. The van der Waals surface area contributed by atoms with E-state index in [2.05, 4.69) is 4.98 Å². The van der Waals surface area contributed by atoms with Crippen LogP contribution in [0.4, 0.5) is 5.13 Å². The molecule has 1 aliphatic heterocycles. The minimum atomic E-state index is -0.310. The molecule has 0 bridgehead atoms. The molecule has 0 aliphatic carbocycles. The van der Waals surface area contributed by atoms with Crippen LogP contribution in [-0.2, 0) is 9.59 Å². The first kappa shape index (κ1) is 19.6. The van der Waals surface area contributed by atoms with Crippen molar-refractivity contribution in [2.45, 2.75) is 13.3 Å². The standard InChI is InChI=1S/C19H26N4O3S/c1-5-26-14-6-7-15-16(11-14)27-19(20-15)23-12-13(10-17(23)24)18(25)22(4)9-8-21(2)3/h6-7,11,13H,5,8-10,12H2,1-4H3. The Bertz CT molecular complexity index is 835. The van der Waals surface area contributed by atoms with Gasteiger partial charge in [-0.25, -0.2) is 4.98 Å². The van der Waals surface area contributed by atoms with E-state index in [0.717, 1.165) is 22.5 Å². The van der Waals surface area contributed by atoms with Gasteiger partial charge >= 0.3 is 0 Å². The lowest BCUT2D eigenvalue weighted by Gasteiger charge is -2.22. The average molecular weight is 391 g/mol. The second-order valence-electron chi connectivity index (χ2n) is 7.03. The Morgan fingerprint density at radius 1 is 1.33 bits per heavy atom. The van der Waals surface area contributed by atoms with Gasteiger partial charge in [-0.3, -0.25) is 14.5 Å². The summed E-state index contributed by atoms with van der Waals surface area (Å²) in [5.41, 5.74) is 0.837. The fourth-order valence-electron chi connectivity index (χ4n) is 3.09. The van der Waals surface area contributed by atoms with Crippen molar-refractivity contribution < 1.29 is 14.3 Å². The number of benzene rings is 1. The number of amides is 2. The Labute approximate surface area is 163 Å². The van der Waals surface area contributed by atoms with E-state index in [9.17, 15) is 9.59 Å². The predicted octanol–water partition coefficient (Wildman–Crippen LogP) is 2.07. The summed E-state index contributed by atoms with van der Waals surface area (Å²) >= 11 is 1.46. The van der Waals surface area contributed by atoms with Crippen LogP contribution >= 0.6 is 11.3 Å². The molecule has 0 radical (unpaired) electrons. The van der Waals surface area contributed by atoms with Crippen LogP contribution in [0.3, 0.4) is 0 Å². The largest absolute Gasteiger partial charge is 0.494 e. The summed E-state index contributed by atoms with van der Waals surface area (Å²) < 4.78 is 6.50. The molecular weight excluding hydrogens is 364 g/mol. The lowest BCUT2D eigenvalue weighted by atomic mass is 10.1. The van der Waals surface area contributed by atoms with Gasteiger partial charge in [-0.1, -0.05) is 11.3 Å². The summed E-state index contributed by atoms with van der Waals surface area (Å²) in [4.78, 5) is 35.2. The zero-order valence-corrected chi connectivity index (χ0v) is 17.1. The molecule has 8 heteroatoms. The Morgan fingerprint density at radius 3 is 2.81 bits per heavy atom. The van der Waals surface area contributed by atoms with Gasteiger partial charge < -0.3 is 14.5 Å². The van der Waals surface area contributed by atoms with Gasteiger partial charge in [0.15, 0.2) is 5.13 Å². The summed E-state index contributed by atoms with van der Waals surface area (Å²) in [6.45, 7) is 4.39. The molecule has 1 unspecified atom stereocenters. The van der Waals surface area contributed by atoms with Gasteiger partial charge in [0.1, 0.15) is 5.75 Å². The summed E-state index contributed by atoms with van der Waals surface area (Å²) in [6, 6.07) is 5.73. The number of anilines is 1. The molecule has 1 aliphatic rings. The van der Waals surface area contributed by atoms with Crippen LogP contribution in [0.25, 0.3) is 10.2 Å². The van der Waals surface area contributed by atoms with Crippen molar-refractivity contribution in [2.75, 3.05) is 52.3 Å². The topological polar surface area (TPSA) is 66.0 Å². The molecule has 27 heavy (non-hydrogen) atoms. The van der Waals surface area contributed by atoms with Crippen molar-refractivity contribution in [2.24, 2.45) is 5.92 Å². The number of thiazole rings is 1. The number of fused-ring (bicyclic) bond motifs is 1. The number of carbonyl (C=O) groups excluding carboxylic acids is 2. The lowest BCUT2D eigenvalue weighted by Crippen LogP contribution is -2.38. The third-order valence-electron chi connectivity index (χ3n) is 4.62. The van der Waals surface area contributed by atoms with Crippen LogP contribution in [0.2, 0.25) is 0 Å². The normalized spacial score (nSPS) is 17.1. The number of nitrogens with zero attached hydrogens (tertiary/aromatic N) is 4. The van der Waals surface area contributed by atoms with Gasteiger partial charge in [-0.05, 0) is 39.2 Å². The quantitative estimate of drug-likeness (QED) is 0.724. The number of hydrogen-bond acceptors (Lipinski definition) is 6. The fourth-order valence-corrected chi connectivity index (χ4v) is 4.12. The molecule has 1 atom stereocenters. The van der Waals surface area contributed by atoms with Crippen LogP contribution in [-0.4, -0.2) is 74.0 Å². The van der Waals surface area contributed by atoms with Crippen molar-refractivity contribution in [3.63, 3.8) is 0 Å². The Hall–Kier alpha value is -2.19. The summed E-state index contributed by atoms with van der Waals surface area (Å²) in [6.07, 6.45) is 0.241. The Kier molecular flexibility index (Phi) is 5.96. The highest BCUT2D eigenvalue weighted by Crippen LogP contribution is 2.34. The third kappa shape index (κ3) is 4.39. The van der Waals surface area contributed by atoms with Gasteiger partial charge in [0.05, 0.1) is 22.7 Å². The fraction of sp³-hybridized carbons (Fsp3) is 0.526. The summed E-state index contributed by atoms with van der Waals surface area (Å²) in [7, 11) is 5.75. The van der Waals surface area contributed by atoms with Crippen LogP contribution in [0, 0.1) is 5.92 Å². The molecule has 2 amide bonds. The first-order valence-corrected chi connectivity index (χ1v) is 9.94. The smallest absolute Gasteiger partial charge is 0.229 e. The first-order valence-electron chi connectivity index (χ1n) is 9.12. The minimum Gasteiger partial charge on any atom is -0.494 e. The molecule has 146 valence electrons. The molecular formula is C19H26N4O3S. The van der Waals surface area contributed by atoms with Crippen molar-refractivity contribution >= 4 is 38.5 Å². The molecule has 2 aromatic rings. The van der Waals surface area contributed by atoms with Crippen LogP contribution in [0.1, 0.15) is 13.3 Å².